The number of anilines is 2. The minimum Gasteiger partial charge on any atom is -0.484 e. The summed E-state index contributed by atoms with van der Waals surface area (Å²) in [6, 6.07) is 31.6. The van der Waals surface area contributed by atoms with E-state index in [0.29, 0.717) is 28.1 Å². The standard InChI is InChI=1S/C32H25FN4O3S/c33-22-11-9-21(10-12-22)27-17-18-28(40-27)31-30(26-8-4-5-19-34-26)36-32(41)37(31)24-15-13-23(14-16-24)35-29(38)20-39-25-6-2-1-3-7-25/h1-19,30-31H,20H2,(H,35,38)(H,36,41)/t30-,31+/m0/s1. The molecule has 0 bridgehead atoms. The molecule has 204 valence electrons. The largest absolute Gasteiger partial charge is 0.484 e. The molecule has 1 aliphatic heterocycles. The van der Waals surface area contributed by atoms with E-state index in [-0.39, 0.29) is 30.4 Å². The summed E-state index contributed by atoms with van der Waals surface area (Å²) < 4.78 is 25.3. The lowest BCUT2D eigenvalue weighted by atomic mass is 10.0. The van der Waals surface area contributed by atoms with Gasteiger partial charge in [0.15, 0.2) is 11.7 Å². The highest BCUT2D eigenvalue weighted by molar-refractivity contribution is 7.80. The van der Waals surface area contributed by atoms with E-state index in [1.807, 2.05) is 77.7 Å². The van der Waals surface area contributed by atoms with E-state index in [1.165, 1.54) is 12.1 Å². The predicted octanol–water partition coefficient (Wildman–Crippen LogP) is 6.68. The van der Waals surface area contributed by atoms with Crippen molar-refractivity contribution in [3.05, 3.63) is 133 Å². The molecular formula is C32H25FN4O3S. The van der Waals surface area contributed by atoms with E-state index in [9.17, 15) is 9.18 Å². The first-order valence-corrected chi connectivity index (χ1v) is 13.4. The number of rotatable bonds is 8. The van der Waals surface area contributed by atoms with E-state index in [0.717, 1.165) is 16.9 Å². The van der Waals surface area contributed by atoms with E-state index < -0.39 is 0 Å². The van der Waals surface area contributed by atoms with Crippen molar-refractivity contribution in [1.29, 1.82) is 0 Å². The van der Waals surface area contributed by atoms with Crippen LogP contribution in [0, 0.1) is 5.82 Å². The van der Waals surface area contributed by atoms with Gasteiger partial charge in [-0.25, -0.2) is 4.39 Å². The summed E-state index contributed by atoms with van der Waals surface area (Å²) in [5, 5.41) is 6.77. The third-order valence-corrected chi connectivity index (χ3v) is 7.00. The molecule has 41 heavy (non-hydrogen) atoms. The number of pyridine rings is 1. The Morgan fingerprint density at radius 2 is 1.71 bits per heavy atom. The second-order valence-electron chi connectivity index (χ2n) is 9.40. The summed E-state index contributed by atoms with van der Waals surface area (Å²) in [7, 11) is 0. The molecule has 7 nitrogen and oxygen atoms in total. The maximum atomic E-state index is 13.5. The van der Waals surface area contributed by atoms with Crippen molar-refractivity contribution in [1.82, 2.24) is 10.3 Å². The maximum Gasteiger partial charge on any atom is 0.262 e. The molecule has 0 spiro atoms. The number of furan rings is 1. The van der Waals surface area contributed by atoms with Gasteiger partial charge in [-0.05, 0) is 97.1 Å². The topological polar surface area (TPSA) is 79.6 Å². The van der Waals surface area contributed by atoms with Gasteiger partial charge >= 0.3 is 0 Å². The Labute approximate surface area is 241 Å². The zero-order chi connectivity index (χ0) is 28.2. The number of nitrogens with zero attached hydrogens (tertiary/aromatic N) is 2. The minimum absolute atomic E-state index is 0.103. The molecule has 0 unspecified atom stereocenters. The molecule has 0 radical (unpaired) electrons. The lowest BCUT2D eigenvalue weighted by Gasteiger charge is -2.26. The van der Waals surface area contributed by atoms with Gasteiger partial charge in [-0.15, -0.1) is 0 Å². The highest BCUT2D eigenvalue weighted by Crippen LogP contribution is 2.43. The molecule has 3 heterocycles. The molecule has 0 saturated carbocycles. The van der Waals surface area contributed by atoms with Crippen molar-refractivity contribution in [2.24, 2.45) is 0 Å². The average molecular weight is 565 g/mol. The van der Waals surface area contributed by atoms with Gasteiger partial charge in [-0.2, -0.15) is 0 Å². The van der Waals surface area contributed by atoms with Gasteiger partial charge in [-0.3, -0.25) is 9.78 Å². The molecule has 5 aromatic rings. The van der Waals surface area contributed by atoms with Gasteiger partial charge in [0, 0.05) is 23.1 Å². The number of halogens is 1. The molecule has 1 saturated heterocycles. The lowest BCUT2D eigenvalue weighted by molar-refractivity contribution is -0.118. The van der Waals surface area contributed by atoms with Crippen LogP contribution in [0.1, 0.15) is 23.5 Å². The van der Waals surface area contributed by atoms with Crippen LogP contribution < -0.4 is 20.3 Å². The van der Waals surface area contributed by atoms with Crippen LogP contribution in [0.2, 0.25) is 0 Å². The van der Waals surface area contributed by atoms with Crippen molar-refractivity contribution >= 4 is 34.6 Å². The fourth-order valence-electron chi connectivity index (χ4n) is 4.77. The molecular weight excluding hydrogens is 539 g/mol. The summed E-state index contributed by atoms with van der Waals surface area (Å²) in [4.78, 5) is 19.0. The lowest BCUT2D eigenvalue weighted by Crippen LogP contribution is -2.29. The van der Waals surface area contributed by atoms with Gasteiger partial charge in [-0.1, -0.05) is 24.3 Å². The number of thiocarbonyl (C=S) groups is 1. The van der Waals surface area contributed by atoms with Crippen LogP contribution in [-0.4, -0.2) is 22.6 Å². The molecule has 9 heteroatoms. The number of aromatic nitrogens is 1. The van der Waals surface area contributed by atoms with Crippen LogP contribution >= 0.6 is 12.2 Å². The number of carbonyl (C=O) groups is 1. The Morgan fingerprint density at radius 3 is 2.44 bits per heavy atom. The number of nitrogens with one attached hydrogen (secondary N) is 2. The molecule has 6 rings (SSSR count). The van der Waals surface area contributed by atoms with Crippen LogP contribution in [0.25, 0.3) is 11.3 Å². The number of carbonyl (C=O) groups excluding carboxylic acids is 1. The van der Waals surface area contributed by atoms with E-state index in [4.69, 9.17) is 21.4 Å². The number of hydrogen-bond donors (Lipinski definition) is 2. The van der Waals surface area contributed by atoms with Crippen molar-refractivity contribution in [2.75, 3.05) is 16.8 Å². The molecule has 3 aromatic carbocycles. The van der Waals surface area contributed by atoms with E-state index >= 15 is 0 Å². The van der Waals surface area contributed by atoms with E-state index in [2.05, 4.69) is 15.6 Å². The molecule has 1 fully saturated rings. The first-order chi connectivity index (χ1) is 20.0. The highest BCUT2D eigenvalue weighted by atomic mass is 32.1. The molecule has 2 N–H and O–H groups in total. The second-order valence-corrected chi connectivity index (χ2v) is 9.79. The first kappa shape index (κ1) is 26.2. The Morgan fingerprint density at radius 1 is 0.951 bits per heavy atom. The van der Waals surface area contributed by atoms with Crippen molar-refractivity contribution in [3.63, 3.8) is 0 Å². The molecule has 2 atom stereocenters. The fraction of sp³-hybridized carbons (Fsp3) is 0.0938. The third kappa shape index (κ3) is 5.80. The Bertz CT molecular complexity index is 1640. The molecule has 1 amide bonds. The fourth-order valence-corrected chi connectivity index (χ4v) is 5.12. The van der Waals surface area contributed by atoms with Crippen LogP contribution in [0.3, 0.4) is 0 Å². The summed E-state index contributed by atoms with van der Waals surface area (Å²) in [5.41, 5.74) is 3.01. The van der Waals surface area contributed by atoms with Crippen LogP contribution in [0.4, 0.5) is 15.8 Å². The maximum absolute atomic E-state index is 13.5. The van der Waals surface area contributed by atoms with Gasteiger partial charge in [0.1, 0.15) is 29.1 Å². The first-order valence-electron chi connectivity index (χ1n) is 13.0. The second kappa shape index (κ2) is 11.6. The number of benzene rings is 3. The van der Waals surface area contributed by atoms with Gasteiger partial charge < -0.3 is 24.7 Å². The third-order valence-electron chi connectivity index (χ3n) is 6.69. The van der Waals surface area contributed by atoms with Gasteiger partial charge in [0.25, 0.3) is 5.91 Å². The van der Waals surface area contributed by atoms with Crippen LogP contribution in [0.15, 0.2) is 120 Å². The smallest absolute Gasteiger partial charge is 0.262 e. The Hall–Kier alpha value is -5.02. The Balaban J connectivity index is 1.25. The minimum atomic E-state index is -0.355. The zero-order valence-electron chi connectivity index (χ0n) is 21.7. The van der Waals surface area contributed by atoms with Gasteiger partial charge in [0.2, 0.25) is 0 Å². The summed E-state index contributed by atoms with van der Waals surface area (Å²) in [6.07, 6.45) is 1.74. The SMILES string of the molecule is O=C(COc1ccccc1)Nc1ccc(N2C(=S)N[C@@H](c3ccccn3)[C@H]2c2ccc(-c3ccc(F)cc3)o2)cc1. The number of hydrogen-bond acceptors (Lipinski definition) is 5. The number of ether oxygens (including phenoxy) is 1. The van der Waals surface area contributed by atoms with Gasteiger partial charge in [0.05, 0.1) is 11.7 Å². The quantitative estimate of drug-likeness (QED) is 0.204. The predicted molar refractivity (Wildman–Crippen MR) is 159 cm³/mol. The summed E-state index contributed by atoms with van der Waals surface area (Å²) >= 11 is 5.79. The zero-order valence-corrected chi connectivity index (χ0v) is 22.6. The van der Waals surface area contributed by atoms with Crippen molar-refractivity contribution in [3.8, 4) is 17.1 Å². The molecule has 2 aromatic heterocycles. The summed E-state index contributed by atoms with van der Waals surface area (Å²) in [6.45, 7) is -0.103. The summed E-state index contributed by atoms with van der Waals surface area (Å²) in [5.74, 6) is 1.34. The molecule has 1 aliphatic rings. The van der Waals surface area contributed by atoms with Crippen molar-refractivity contribution < 1.29 is 18.3 Å². The Kier molecular flexibility index (Phi) is 7.42. The number of para-hydroxylation sites is 1. The van der Waals surface area contributed by atoms with Crippen LogP contribution in [0.5, 0.6) is 5.75 Å². The monoisotopic (exact) mass is 564 g/mol. The van der Waals surface area contributed by atoms with Crippen molar-refractivity contribution in [2.45, 2.75) is 12.1 Å². The highest BCUT2D eigenvalue weighted by Gasteiger charge is 2.42. The number of amides is 1. The average Bonchev–Trinajstić information content (AvgIpc) is 3.63. The van der Waals surface area contributed by atoms with Crippen LogP contribution in [-0.2, 0) is 4.79 Å². The van der Waals surface area contributed by atoms with E-state index in [1.54, 1.807) is 30.5 Å². The normalized spacial score (nSPS) is 16.3. The molecule has 0 aliphatic carbocycles.